The minimum atomic E-state index is -0.397. The van der Waals surface area contributed by atoms with Crippen molar-refractivity contribution in [3.05, 3.63) is 24.0 Å². The summed E-state index contributed by atoms with van der Waals surface area (Å²) < 4.78 is 24.0. The number of hydrogen-bond acceptors (Lipinski definition) is 4. The summed E-state index contributed by atoms with van der Waals surface area (Å²) in [6, 6.07) is 4.16. The first-order chi connectivity index (χ1) is 11.1. The van der Waals surface area contributed by atoms with Gasteiger partial charge in [-0.1, -0.05) is 0 Å². The Bertz CT molecular complexity index is 579. The van der Waals surface area contributed by atoms with Crippen LogP contribution in [0.3, 0.4) is 0 Å². The van der Waals surface area contributed by atoms with Gasteiger partial charge in [-0.2, -0.15) is 0 Å². The third kappa shape index (κ3) is 4.18. The minimum Gasteiger partial charge on any atom is -0.489 e. The lowest BCUT2D eigenvalue weighted by Gasteiger charge is -2.23. The van der Waals surface area contributed by atoms with Gasteiger partial charge in [0.15, 0.2) is 0 Å². The fraction of sp³-hybridized carbons (Fsp3) is 0.588. The Kier molecular flexibility index (Phi) is 6.43. The van der Waals surface area contributed by atoms with E-state index in [1.807, 2.05) is 0 Å². The van der Waals surface area contributed by atoms with E-state index in [9.17, 15) is 9.18 Å². The summed E-state index contributed by atoms with van der Waals surface area (Å²) in [5.41, 5.74) is 0.543. The van der Waals surface area contributed by atoms with Crippen LogP contribution in [-0.2, 0) is 9.53 Å². The smallest absolute Gasteiger partial charge is 0.228 e. The zero-order chi connectivity index (χ0) is 16.3. The molecule has 1 aliphatic heterocycles. The number of nitrogens with one attached hydrogen (secondary N) is 2. The van der Waals surface area contributed by atoms with Gasteiger partial charge < -0.3 is 20.1 Å². The number of ether oxygens (including phenoxy) is 2. The van der Waals surface area contributed by atoms with Gasteiger partial charge in [-0.25, -0.2) is 4.39 Å². The molecule has 2 fully saturated rings. The van der Waals surface area contributed by atoms with Gasteiger partial charge in [0.05, 0.1) is 12.3 Å². The Labute approximate surface area is 147 Å². The quantitative estimate of drug-likeness (QED) is 0.767. The summed E-state index contributed by atoms with van der Waals surface area (Å²) in [6.07, 6.45) is 2.99. The number of halogens is 2. The van der Waals surface area contributed by atoms with E-state index in [0.29, 0.717) is 24.7 Å². The molecule has 1 spiro atoms. The van der Waals surface area contributed by atoms with Crippen LogP contribution in [0.25, 0.3) is 0 Å². The normalized spacial score (nSPS) is 21.0. The van der Waals surface area contributed by atoms with Crippen molar-refractivity contribution in [1.29, 1.82) is 0 Å². The number of benzene rings is 1. The lowest BCUT2D eigenvalue weighted by Crippen LogP contribution is -2.31. The van der Waals surface area contributed by atoms with Crippen molar-refractivity contribution in [2.45, 2.75) is 19.3 Å². The first kappa shape index (κ1) is 19.0. The second kappa shape index (κ2) is 8.14. The molecule has 1 atom stereocenters. The second-order valence-electron chi connectivity index (χ2n) is 6.34. The third-order valence-electron chi connectivity index (χ3n) is 4.85. The number of piperidine rings is 1. The maximum absolute atomic E-state index is 13.5. The lowest BCUT2D eigenvalue weighted by molar-refractivity contribution is -0.118. The van der Waals surface area contributed by atoms with Gasteiger partial charge in [0.2, 0.25) is 5.91 Å². The predicted molar refractivity (Wildman–Crippen MR) is 92.3 cm³/mol. The van der Waals surface area contributed by atoms with Crippen LogP contribution in [0.4, 0.5) is 10.1 Å². The molecule has 1 aromatic rings. The topological polar surface area (TPSA) is 59.6 Å². The molecule has 2 aliphatic rings. The number of amides is 1. The Morgan fingerprint density at radius 1 is 1.38 bits per heavy atom. The summed E-state index contributed by atoms with van der Waals surface area (Å²) >= 11 is 0. The Hall–Kier alpha value is -1.37. The molecular weight excluding hydrogens is 335 g/mol. The van der Waals surface area contributed by atoms with E-state index in [1.165, 1.54) is 18.2 Å². The maximum Gasteiger partial charge on any atom is 0.228 e. The molecule has 24 heavy (non-hydrogen) atoms. The highest BCUT2D eigenvalue weighted by atomic mass is 35.5. The molecule has 2 N–H and O–H groups in total. The molecule has 134 valence electrons. The van der Waals surface area contributed by atoms with Gasteiger partial charge in [0, 0.05) is 19.1 Å². The van der Waals surface area contributed by atoms with E-state index >= 15 is 0 Å². The first-order valence-electron chi connectivity index (χ1n) is 8.07. The van der Waals surface area contributed by atoms with Crippen LogP contribution in [-0.4, -0.2) is 39.3 Å². The summed E-state index contributed by atoms with van der Waals surface area (Å²) in [5, 5.41) is 6.17. The monoisotopic (exact) mass is 358 g/mol. The predicted octanol–water partition coefficient (Wildman–Crippen LogP) is 2.60. The van der Waals surface area contributed by atoms with Crippen molar-refractivity contribution in [3.63, 3.8) is 0 Å². The number of carbonyl (C=O) groups is 1. The standard InChI is InChI=1S/C17H23FN2O3.ClH/c1-22-8-9-23-15-3-2-12(18)10-14(15)20-16(21)13-11-17(13)4-6-19-7-5-17;/h2-3,10,13,19H,4-9,11H2,1H3,(H,20,21);1H. The first-order valence-corrected chi connectivity index (χ1v) is 8.07. The van der Waals surface area contributed by atoms with Crippen LogP contribution in [0.1, 0.15) is 19.3 Å². The third-order valence-corrected chi connectivity index (χ3v) is 4.85. The van der Waals surface area contributed by atoms with Gasteiger partial charge in [-0.15, -0.1) is 12.4 Å². The molecule has 1 saturated heterocycles. The molecule has 0 aromatic heterocycles. The van der Waals surface area contributed by atoms with Gasteiger partial charge in [-0.3, -0.25) is 4.79 Å². The summed E-state index contributed by atoms with van der Waals surface area (Å²) in [5.74, 6) is 0.0670. The van der Waals surface area contributed by atoms with Crippen LogP contribution in [0.5, 0.6) is 5.75 Å². The highest BCUT2D eigenvalue weighted by Gasteiger charge is 2.57. The van der Waals surface area contributed by atoms with Gasteiger partial charge >= 0.3 is 0 Å². The van der Waals surface area contributed by atoms with Crippen molar-refractivity contribution < 1.29 is 18.7 Å². The zero-order valence-corrected chi connectivity index (χ0v) is 14.6. The highest BCUT2D eigenvalue weighted by Crippen LogP contribution is 2.58. The Morgan fingerprint density at radius 3 is 2.83 bits per heavy atom. The SMILES string of the molecule is COCCOc1ccc(F)cc1NC(=O)C1CC12CCNCC2.Cl. The van der Waals surface area contributed by atoms with Crippen molar-refractivity contribution in [2.24, 2.45) is 11.3 Å². The van der Waals surface area contributed by atoms with Crippen molar-refractivity contribution in [1.82, 2.24) is 5.32 Å². The molecule has 1 unspecified atom stereocenters. The Balaban J connectivity index is 0.00000208. The second-order valence-corrected chi connectivity index (χ2v) is 6.34. The van der Waals surface area contributed by atoms with Crippen molar-refractivity contribution in [3.8, 4) is 5.75 Å². The average Bonchev–Trinajstić information content (AvgIpc) is 3.23. The van der Waals surface area contributed by atoms with Crippen LogP contribution in [0.2, 0.25) is 0 Å². The molecule has 0 bridgehead atoms. The van der Waals surface area contributed by atoms with Gasteiger partial charge in [-0.05, 0) is 49.9 Å². The highest BCUT2D eigenvalue weighted by molar-refractivity contribution is 5.96. The lowest BCUT2D eigenvalue weighted by atomic mass is 9.92. The average molecular weight is 359 g/mol. The molecule has 7 heteroatoms. The largest absolute Gasteiger partial charge is 0.489 e. The number of carbonyl (C=O) groups excluding carboxylic acids is 1. The zero-order valence-electron chi connectivity index (χ0n) is 13.8. The van der Waals surface area contributed by atoms with Gasteiger partial charge in [0.25, 0.3) is 0 Å². The molecule has 1 saturated carbocycles. The number of anilines is 1. The van der Waals surface area contributed by atoms with Gasteiger partial charge in [0.1, 0.15) is 18.2 Å². The van der Waals surface area contributed by atoms with Crippen LogP contribution in [0, 0.1) is 17.2 Å². The van der Waals surface area contributed by atoms with E-state index in [4.69, 9.17) is 9.47 Å². The van der Waals surface area contributed by atoms with Crippen LogP contribution < -0.4 is 15.4 Å². The number of methoxy groups -OCH3 is 1. The molecule has 1 aliphatic carbocycles. The van der Waals surface area contributed by atoms with Crippen LogP contribution in [0.15, 0.2) is 18.2 Å². The van der Waals surface area contributed by atoms with Crippen molar-refractivity contribution in [2.75, 3.05) is 38.7 Å². The molecule has 5 nitrogen and oxygen atoms in total. The molecule has 1 aromatic carbocycles. The maximum atomic E-state index is 13.5. The van der Waals surface area contributed by atoms with E-state index in [1.54, 1.807) is 7.11 Å². The number of hydrogen-bond donors (Lipinski definition) is 2. The van der Waals surface area contributed by atoms with E-state index in [-0.39, 0.29) is 29.6 Å². The van der Waals surface area contributed by atoms with E-state index < -0.39 is 5.82 Å². The molecule has 0 radical (unpaired) electrons. The molecule has 1 heterocycles. The van der Waals surface area contributed by atoms with Crippen LogP contribution >= 0.6 is 12.4 Å². The molecule has 1 amide bonds. The summed E-state index contributed by atoms with van der Waals surface area (Å²) in [7, 11) is 1.59. The fourth-order valence-electron chi connectivity index (χ4n) is 3.38. The minimum absolute atomic E-state index is 0. The Morgan fingerprint density at radius 2 is 2.12 bits per heavy atom. The fourth-order valence-corrected chi connectivity index (χ4v) is 3.38. The molecular formula is C17H24ClFN2O3. The molecule has 3 rings (SSSR count). The summed E-state index contributed by atoms with van der Waals surface area (Å²) in [4.78, 5) is 12.5. The van der Waals surface area contributed by atoms with E-state index in [2.05, 4.69) is 10.6 Å². The number of rotatable bonds is 6. The van der Waals surface area contributed by atoms with E-state index in [0.717, 1.165) is 32.4 Å². The summed E-state index contributed by atoms with van der Waals surface area (Å²) in [6.45, 7) is 2.72. The van der Waals surface area contributed by atoms with Crippen molar-refractivity contribution >= 4 is 24.0 Å².